The molecular formula is C35H29N3O. The third-order valence-corrected chi connectivity index (χ3v) is 7.55. The zero-order valence-corrected chi connectivity index (χ0v) is 22.6. The summed E-state index contributed by atoms with van der Waals surface area (Å²) in [7, 11) is 0. The van der Waals surface area contributed by atoms with Crippen LogP contribution < -0.4 is 0 Å². The number of aryl methyl sites for hydroxylation is 1. The maximum atomic E-state index is 6.46. The van der Waals surface area contributed by atoms with Crippen molar-refractivity contribution in [3.63, 3.8) is 0 Å². The normalized spacial score (nSPS) is 12.1. The molecule has 3 aromatic heterocycles. The Balaban J connectivity index is 1.57. The molecule has 0 aliphatic heterocycles. The van der Waals surface area contributed by atoms with Crippen LogP contribution in [0.15, 0.2) is 108 Å². The Labute approximate surface area is 227 Å². The number of aromatic nitrogens is 3. The van der Waals surface area contributed by atoms with Gasteiger partial charge in [-0.2, -0.15) is 0 Å². The average molecular weight is 508 g/mol. The van der Waals surface area contributed by atoms with Gasteiger partial charge in [-0.1, -0.05) is 87.5 Å². The van der Waals surface area contributed by atoms with Gasteiger partial charge in [-0.25, -0.2) is 4.98 Å². The Morgan fingerprint density at radius 3 is 2.33 bits per heavy atom. The minimum Gasteiger partial charge on any atom is -0.455 e. The lowest BCUT2D eigenvalue weighted by Gasteiger charge is -2.26. The Bertz CT molecular complexity index is 2010. The van der Waals surface area contributed by atoms with Crippen molar-refractivity contribution >= 4 is 33.0 Å². The monoisotopic (exact) mass is 507 g/mol. The largest absolute Gasteiger partial charge is 0.455 e. The van der Waals surface area contributed by atoms with Crippen LogP contribution in [0.3, 0.4) is 0 Å². The number of furan rings is 1. The van der Waals surface area contributed by atoms with Gasteiger partial charge in [0.25, 0.3) is 0 Å². The van der Waals surface area contributed by atoms with Crippen LogP contribution >= 0.6 is 0 Å². The van der Waals surface area contributed by atoms with Crippen LogP contribution in [0, 0.1) is 6.92 Å². The lowest BCUT2D eigenvalue weighted by atomic mass is 9.83. The Morgan fingerprint density at radius 2 is 1.51 bits per heavy atom. The zero-order valence-electron chi connectivity index (χ0n) is 22.6. The molecule has 0 fully saturated rings. The average Bonchev–Trinajstić information content (AvgIpc) is 3.52. The molecule has 7 rings (SSSR count). The lowest BCUT2D eigenvalue weighted by Crippen LogP contribution is -2.16. The van der Waals surface area contributed by atoms with Crippen molar-refractivity contribution in [2.24, 2.45) is 0 Å². The van der Waals surface area contributed by atoms with Crippen LogP contribution in [0.2, 0.25) is 0 Å². The molecule has 190 valence electrons. The number of rotatable bonds is 3. The highest BCUT2D eigenvalue weighted by Crippen LogP contribution is 2.41. The first kappa shape index (κ1) is 23.4. The summed E-state index contributed by atoms with van der Waals surface area (Å²) in [6.07, 6.45) is 1.84. The van der Waals surface area contributed by atoms with Crippen LogP contribution in [-0.4, -0.2) is 14.5 Å². The van der Waals surface area contributed by atoms with E-state index in [1.165, 1.54) is 16.7 Å². The summed E-state index contributed by atoms with van der Waals surface area (Å²) in [5.41, 5.74) is 10.2. The van der Waals surface area contributed by atoms with E-state index in [1.807, 2.05) is 24.4 Å². The fourth-order valence-electron chi connectivity index (χ4n) is 5.66. The number of hydrogen-bond acceptors (Lipinski definition) is 3. The van der Waals surface area contributed by atoms with Crippen LogP contribution in [0.4, 0.5) is 0 Å². The molecule has 0 atom stereocenters. The number of para-hydroxylation sites is 2. The standard InChI is InChI=1S/C35H29N3O/c1-22-32-29(19-20-36-22)37-34(27-15-10-14-26-25-13-8-9-16-31(25)39-33(26)27)38(32)30-18-17-24(21-28(30)35(2,3)4)23-11-6-5-7-12-23/h5-21H,1-4H3. The topological polar surface area (TPSA) is 43.9 Å². The first-order valence-electron chi connectivity index (χ1n) is 13.4. The predicted molar refractivity (Wildman–Crippen MR) is 160 cm³/mol. The van der Waals surface area contributed by atoms with Crippen molar-refractivity contribution in [2.75, 3.05) is 0 Å². The minimum absolute atomic E-state index is 0.116. The van der Waals surface area contributed by atoms with E-state index in [4.69, 9.17) is 9.40 Å². The molecule has 0 saturated carbocycles. The van der Waals surface area contributed by atoms with E-state index in [9.17, 15) is 0 Å². The Morgan fingerprint density at radius 1 is 0.744 bits per heavy atom. The summed E-state index contributed by atoms with van der Waals surface area (Å²) < 4.78 is 8.75. The fourth-order valence-corrected chi connectivity index (χ4v) is 5.66. The molecule has 0 bridgehead atoms. The Hall–Kier alpha value is -4.70. The van der Waals surface area contributed by atoms with Crippen molar-refractivity contribution in [2.45, 2.75) is 33.1 Å². The Kier molecular flexibility index (Phi) is 5.21. The van der Waals surface area contributed by atoms with Crippen LogP contribution in [-0.2, 0) is 5.41 Å². The molecule has 0 radical (unpaired) electrons. The number of fused-ring (bicyclic) bond motifs is 4. The van der Waals surface area contributed by atoms with Crippen molar-refractivity contribution in [3.05, 3.63) is 115 Å². The maximum Gasteiger partial charge on any atom is 0.149 e. The van der Waals surface area contributed by atoms with Gasteiger partial charge >= 0.3 is 0 Å². The van der Waals surface area contributed by atoms with E-state index in [0.717, 1.165) is 55.7 Å². The summed E-state index contributed by atoms with van der Waals surface area (Å²) in [5, 5.41) is 2.20. The first-order valence-corrected chi connectivity index (χ1v) is 13.4. The minimum atomic E-state index is -0.116. The lowest BCUT2D eigenvalue weighted by molar-refractivity contribution is 0.587. The van der Waals surface area contributed by atoms with E-state index >= 15 is 0 Å². The van der Waals surface area contributed by atoms with Crippen LogP contribution in [0.25, 0.3) is 61.2 Å². The molecule has 0 saturated heterocycles. The van der Waals surface area contributed by atoms with E-state index in [2.05, 4.69) is 116 Å². The van der Waals surface area contributed by atoms with Crippen molar-refractivity contribution in [1.82, 2.24) is 14.5 Å². The van der Waals surface area contributed by atoms with Gasteiger partial charge < -0.3 is 4.42 Å². The van der Waals surface area contributed by atoms with Crippen LogP contribution in [0.1, 0.15) is 32.0 Å². The molecule has 7 aromatic rings. The number of nitrogens with zero attached hydrogens (tertiary/aromatic N) is 3. The maximum absolute atomic E-state index is 6.46. The van der Waals surface area contributed by atoms with Gasteiger partial charge in [-0.05, 0) is 59.4 Å². The number of pyridine rings is 1. The second-order valence-electron chi connectivity index (χ2n) is 11.2. The molecule has 39 heavy (non-hydrogen) atoms. The molecule has 4 nitrogen and oxygen atoms in total. The first-order chi connectivity index (χ1) is 18.9. The highest BCUT2D eigenvalue weighted by molar-refractivity contribution is 6.09. The van der Waals surface area contributed by atoms with E-state index in [0.29, 0.717) is 0 Å². The van der Waals surface area contributed by atoms with Gasteiger partial charge in [-0.3, -0.25) is 9.55 Å². The van der Waals surface area contributed by atoms with Gasteiger partial charge in [-0.15, -0.1) is 0 Å². The zero-order chi connectivity index (χ0) is 26.7. The van der Waals surface area contributed by atoms with Gasteiger partial charge in [0.2, 0.25) is 0 Å². The quantitative estimate of drug-likeness (QED) is 0.239. The third-order valence-electron chi connectivity index (χ3n) is 7.55. The van der Waals surface area contributed by atoms with Crippen molar-refractivity contribution in [1.29, 1.82) is 0 Å². The highest BCUT2D eigenvalue weighted by Gasteiger charge is 2.26. The second kappa shape index (κ2) is 8.67. The van der Waals surface area contributed by atoms with Gasteiger partial charge in [0.1, 0.15) is 17.0 Å². The van der Waals surface area contributed by atoms with E-state index in [1.54, 1.807) is 0 Å². The second-order valence-corrected chi connectivity index (χ2v) is 11.2. The molecule has 3 heterocycles. The third kappa shape index (κ3) is 3.75. The molecule has 0 N–H and O–H groups in total. The predicted octanol–water partition coefficient (Wildman–Crippen LogP) is 9.26. The van der Waals surface area contributed by atoms with Crippen molar-refractivity contribution in [3.8, 4) is 28.2 Å². The van der Waals surface area contributed by atoms with Gasteiger partial charge in [0, 0.05) is 17.0 Å². The molecular weight excluding hydrogens is 478 g/mol. The highest BCUT2D eigenvalue weighted by atomic mass is 16.3. The number of imidazole rings is 1. The van der Waals surface area contributed by atoms with E-state index < -0.39 is 0 Å². The SMILES string of the molecule is Cc1nccc2nc(-c3cccc4c3oc3ccccc34)n(-c3ccc(-c4ccccc4)cc3C(C)(C)C)c12. The number of benzene rings is 4. The summed E-state index contributed by atoms with van der Waals surface area (Å²) in [5.74, 6) is 0.851. The number of hydrogen-bond donors (Lipinski definition) is 0. The molecule has 0 unspecified atom stereocenters. The smallest absolute Gasteiger partial charge is 0.149 e. The molecule has 0 aliphatic rings. The van der Waals surface area contributed by atoms with Crippen molar-refractivity contribution < 1.29 is 4.42 Å². The molecule has 0 spiro atoms. The summed E-state index contributed by atoms with van der Waals surface area (Å²) in [6, 6.07) is 33.9. The van der Waals surface area contributed by atoms with Gasteiger partial charge in [0.05, 0.1) is 28.0 Å². The summed E-state index contributed by atoms with van der Waals surface area (Å²) >= 11 is 0. The van der Waals surface area contributed by atoms with Crippen LogP contribution in [0.5, 0.6) is 0 Å². The van der Waals surface area contributed by atoms with E-state index in [-0.39, 0.29) is 5.41 Å². The molecule has 0 amide bonds. The summed E-state index contributed by atoms with van der Waals surface area (Å²) in [6.45, 7) is 8.86. The molecule has 4 heteroatoms. The van der Waals surface area contributed by atoms with Gasteiger partial charge in [0.15, 0.2) is 0 Å². The summed E-state index contributed by atoms with van der Waals surface area (Å²) in [4.78, 5) is 9.88. The molecule has 4 aromatic carbocycles. The fraction of sp³-hybridized carbons (Fsp3) is 0.143. The molecule has 0 aliphatic carbocycles.